The molecule has 2 fully saturated rings. The van der Waals surface area contributed by atoms with Crippen LogP contribution in [0.2, 0.25) is 0 Å². The van der Waals surface area contributed by atoms with Crippen molar-refractivity contribution in [3.63, 3.8) is 0 Å². The largest absolute Gasteiger partial charge is 0.369 e. The lowest BCUT2D eigenvalue weighted by molar-refractivity contribution is 0.313. The third kappa shape index (κ3) is 4.67. The van der Waals surface area contributed by atoms with E-state index in [0.717, 1.165) is 68.1 Å². The number of aryl methyl sites for hydroxylation is 1. The maximum atomic E-state index is 6.45. The highest BCUT2D eigenvalue weighted by Crippen LogP contribution is 2.43. The third-order valence-electron chi connectivity index (χ3n) is 6.11. The van der Waals surface area contributed by atoms with Gasteiger partial charge in [0, 0.05) is 55.5 Å². The smallest absolute Gasteiger partial charge is 0.227 e. The first-order chi connectivity index (χ1) is 15.0. The van der Waals surface area contributed by atoms with Crippen molar-refractivity contribution in [3.8, 4) is 11.3 Å². The lowest BCUT2D eigenvalue weighted by Crippen LogP contribution is -2.44. The van der Waals surface area contributed by atoms with Gasteiger partial charge < -0.3 is 15.1 Å². The molecule has 8 heteroatoms. The Bertz CT molecular complexity index is 1050. The maximum Gasteiger partial charge on any atom is 0.227 e. The van der Waals surface area contributed by atoms with E-state index in [-0.39, 0.29) is 4.87 Å². The number of likely N-dealkylation sites (N-methyl/N-ethyl adjacent to an activating group) is 1. The molecule has 2 aromatic heterocycles. The molecule has 1 aliphatic carbocycles. The van der Waals surface area contributed by atoms with E-state index in [0.29, 0.717) is 5.95 Å². The van der Waals surface area contributed by atoms with Crippen molar-refractivity contribution >= 4 is 28.9 Å². The van der Waals surface area contributed by atoms with Crippen molar-refractivity contribution in [2.45, 2.75) is 31.2 Å². The Labute approximate surface area is 188 Å². The number of alkyl halides is 1. The maximum absolute atomic E-state index is 6.45. The highest BCUT2D eigenvalue weighted by atomic mass is 35.5. The molecule has 0 atom stereocenters. The number of halogens is 1. The fourth-order valence-corrected chi connectivity index (χ4v) is 4.12. The number of rotatable bonds is 6. The second-order valence-electron chi connectivity index (χ2n) is 8.76. The Morgan fingerprint density at radius 1 is 1.06 bits per heavy atom. The van der Waals surface area contributed by atoms with Gasteiger partial charge in [-0.2, -0.15) is 5.10 Å². The van der Waals surface area contributed by atoms with E-state index in [1.807, 2.05) is 30.2 Å². The number of hydrogen-bond acceptors (Lipinski definition) is 6. The van der Waals surface area contributed by atoms with E-state index in [2.05, 4.69) is 56.5 Å². The molecule has 1 saturated carbocycles. The molecule has 5 rings (SSSR count). The van der Waals surface area contributed by atoms with Crippen molar-refractivity contribution in [3.05, 3.63) is 48.4 Å². The van der Waals surface area contributed by atoms with Crippen LogP contribution in [-0.4, -0.2) is 62.7 Å². The number of anilines is 3. The minimum atomic E-state index is -0.104. The minimum absolute atomic E-state index is 0.104. The van der Waals surface area contributed by atoms with Gasteiger partial charge in [-0.3, -0.25) is 4.68 Å². The summed E-state index contributed by atoms with van der Waals surface area (Å²) in [5.41, 5.74) is 5.11. The molecule has 0 radical (unpaired) electrons. The van der Waals surface area contributed by atoms with Crippen LogP contribution in [0.1, 0.15) is 18.4 Å². The molecule has 0 bridgehead atoms. The van der Waals surface area contributed by atoms with Gasteiger partial charge in [-0.15, -0.1) is 11.6 Å². The number of aromatic nitrogens is 4. The van der Waals surface area contributed by atoms with Crippen LogP contribution in [0, 0.1) is 6.92 Å². The summed E-state index contributed by atoms with van der Waals surface area (Å²) in [4.78, 5) is 13.9. The van der Waals surface area contributed by atoms with Crippen LogP contribution in [-0.2, 0) is 6.54 Å². The Morgan fingerprint density at radius 3 is 2.52 bits per heavy atom. The average molecular weight is 438 g/mol. The summed E-state index contributed by atoms with van der Waals surface area (Å²) < 4.78 is 1.92. The number of nitrogens with one attached hydrogen (secondary N) is 1. The van der Waals surface area contributed by atoms with Crippen LogP contribution >= 0.6 is 11.6 Å². The summed E-state index contributed by atoms with van der Waals surface area (Å²) in [5.74, 6) is 0.580. The molecule has 1 aliphatic heterocycles. The predicted molar refractivity (Wildman–Crippen MR) is 125 cm³/mol. The Morgan fingerprint density at radius 2 is 1.81 bits per heavy atom. The van der Waals surface area contributed by atoms with Crippen molar-refractivity contribution < 1.29 is 0 Å². The van der Waals surface area contributed by atoms with Gasteiger partial charge in [0.25, 0.3) is 0 Å². The van der Waals surface area contributed by atoms with Crippen molar-refractivity contribution in [1.82, 2.24) is 24.6 Å². The molecular weight excluding hydrogens is 410 g/mol. The van der Waals surface area contributed by atoms with Crippen LogP contribution in [0.3, 0.4) is 0 Å². The zero-order valence-electron chi connectivity index (χ0n) is 18.1. The standard InChI is InChI=1S/C23H28ClN7/c1-17-13-25-22(28-21(17)18-14-26-31(15-18)16-23(24)7-8-23)27-19-3-5-20(6-4-19)30-11-9-29(2)10-12-30/h3-6,13-15H,7-12,16H2,1-2H3,(H,25,27,28). The predicted octanol–water partition coefficient (Wildman–Crippen LogP) is 3.92. The molecular formula is C23H28ClN7. The molecule has 1 N–H and O–H groups in total. The summed E-state index contributed by atoms with van der Waals surface area (Å²) in [6.45, 7) is 7.08. The van der Waals surface area contributed by atoms with Gasteiger partial charge in [0.05, 0.1) is 23.3 Å². The van der Waals surface area contributed by atoms with Crippen molar-refractivity contribution in [2.75, 3.05) is 43.4 Å². The third-order valence-corrected chi connectivity index (χ3v) is 6.61. The van der Waals surface area contributed by atoms with Crippen LogP contribution in [0.25, 0.3) is 11.3 Å². The van der Waals surface area contributed by atoms with E-state index in [1.54, 1.807) is 0 Å². The van der Waals surface area contributed by atoms with Gasteiger partial charge in [-0.1, -0.05) is 0 Å². The van der Waals surface area contributed by atoms with Crippen LogP contribution in [0.15, 0.2) is 42.9 Å². The summed E-state index contributed by atoms with van der Waals surface area (Å²) in [6.07, 6.45) is 7.83. The second-order valence-corrected chi connectivity index (χ2v) is 9.57. The van der Waals surface area contributed by atoms with E-state index < -0.39 is 0 Å². The van der Waals surface area contributed by atoms with E-state index in [1.165, 1.54) is 5.69 Å². The molecule has 3 aromatic rings. The molecule has 0 unspecified atom stereocenters. The number of nitrogens with zero attached hydrogens (tertiary/aromatic N) is 6. The molecule has 2 aliphatic rings. The molecule has 3 heterocycles. The Hall–Kier alpha value is -2.64. The second kappa shape index (κ2) is 8.13. The first-order valence-electron chi connectivity index (χ1n) is 10.8. The Kier molecular flexibility index (Phi) is 5.32. The monoisotopic (exact) mass is 437 g/mol. The lowest BCUT2D eigenvalue weighted by atomic mass is 10.1. The molecule has 0 amide bonds. The quantitative estimate of drug-likeness (QED) is 0.590. The summed E-state index contributed by atoms with van der Waals surface area (Å²) in [5, 5.41) is 7.81. The lowest BCUT2D eigenvalue weighted by Gasteiger charge is -2.34. The first kappa shape index (κ1) is 20.3. The van der Waals surface area contributed by atoms with Crippen molar-refractivity contribution in [1.29, 1.82) is 0 Å². The van der Waals surface area contributed by atoms with Gasteiger partial charge in [0.1, 0.15) is 0 Å². The fraction of sp³-hybridized carbons (Fsp3) is 0.435. The minimum Gasteiger partial charge on any atom is -0.369 e. The zero-order valence-corrected chi connectivity index (χ0v) is 18.8. The van der Waals surface area contributed by atoms with Gasteiger partial charge >= 0.3 is 0 Å². The molecule has 7 nitrogen and oxygen atoms in total. The average Bonchev–Trinajstić information content (AvgIpc) is 3.31. The SMILES string of the molecule is Cc1cnc(Nc2ccc(N3CCN(C)CC3)cc2)nc1-c1cnn(CC2(Cl)CC2)c1. The van der Waals surface area contributed by atoms with Crippen LogP contribution < -0.4 is 10.2 Å². The normalized spacial score (nSPS) is 18.2. The number of piperazine rings is 1. The first-order valence-corrected chi connectivity index (χ1v) is 11.2. The number of benzene rings is 1. The van der Waals surface area contributed by atoms with Gasteiger partial charge in [-0.05, 0) is 56.6 Å². The van der Waals surface area contributed by atoms with Crippen LogP contribution in [0.5, 0.6) is 0 Å². The molecule has 1 saturated heterocycles. The van der Waals surface area contributed by atoms with Gasteiger partial charge in [0.15, 0.2) is 0 Å². The summed E-state index contributed by atoms with van der Waals surface area (Å²) in [6, 6.07) is 8.49. The highest BCUT2D eigenvalue weighted by Gasteiger charge is 2.41. The van der Waals surface area contributed by atoms with Gasteiger partial charge in [-0.25, -0.2) is 9.97 Å². The molecule has 31 heavy (non-hydrogen) atoms. The van der Waals surface area contributed by atoms with Crippen molar-refractivity contribution in [2.24, 2.45) is 0 Å². The molecule has 0 spiro atoms. The van der Waals surface area contributed by atoms with E-state index >= 15 is 0 Å². The Balaban J connectivity index is 1.29. The van der Waals surface area contributed by atoms with Gasteiger partial charge in [0.2, 0.25) is 5.95 Å². The van der Waals surface area contributed by atoms with E-state index in [4.69, 9.17) is 16.6 Å². The van der Waals surface area contributed by atoms with E-state index in [9.17, 15) is 0 Å². The number of hydrogen-bond donors (Lipinski definition) is 1. The summed E-state index contributed by atoms with van der Waals surface area (Å²) in [7, 11) is 2.17. The molecule has 162 valence electrons. The van der Waals surface area contributed by atoms with Crippen LogP contribution in [0.4, 0.5) is 17.3 Å². The topological polar surface area (TPSA) is 62.1 Å². The zero-order chi connectivity index (χ0) is 21.4. The molecule has 1 aromatic carbocycles. The summed E-state index contributed by atoms with van der Waals surface area (Å²) >= 11 is 6.45. The highest BCUT2D eigenvalue weighted by molar-refractivity contribution is 6.25. The fourth-order valence-electron chi connectivity index (χ4n) is 3.90.